The quantitative estimate of drug-likeness (QED) is 0.129. The summed E-state index contributed by atoms with van der Waals surface area (Å²) in [5.41, 5.74) is 0.563. The first kappa shape index (κ1) is 26.7. The maximum absolute atomic E-state index is 11.8. The van der Waals surface area contributed by atoms with Crippen LogP contribution in [-0.4, -0.2) is 37.2 Å². The fourth-order valence-electron chi connectivity index (χ4n) is 2.82. The largest absolute Gasteiger partial charge is 0.466 e. The van der Waals surface area contributed by atoms with E-state index in [0.717, 1.165) is 12.8 Å². The van der Waals surface area contributed by atoms with Gasteiger partial charge in [-0.2, -0.15) is 0 Å². The minimum absolute atomic E-state index is 0.0350. The van der Waals surface area contributed by atoms with Crippen molar-refractivity contribution in [3.8, 4) is 11.8 Å². The second kappa shape index (κ2) is 10.8. The van der Waals surface area contributed by atoms with Crippen LogP contribution >= 0.6 is 0 Å². The lowest BCUT2D eigenvalue weighted by atomic mass is 9.90. The van der Waals surface area contributed by atoms with Crippen molar-refractivity contribution in [1.29, 1.82) is 0 Å². The van der Waals surface area contributed by atoms with Crippen molar-refractivity contribution in [3.63, 3.8) is 0 Å². The number of hydrogen-bond acceptors (Lipinski definition) is 6. The van der Waals surface area contributed by atoms with Gasteiger partial charge in [-0.05, 0) is 57.8 Å². The molecule has 0 unspecified atom stereocenters. The molecule has 31 heavy (non-hydrogen) atoms. The van der Waals surface area contributed by atoms with Gasteiger partial charge in [-0.15, -0.1) is 0 Å². The summed E-state index contributed by atoms with van der Waals surface area (Å²) in [6.45, 7) is 14.5. The molecule has 0 saturated carbocycles. The van der Waals surface area contributed by atoms with Gasteiger partial charge in [-0.25, -0.2) is 0 Å². The molecule has 172 valence electrons. The fourth-order valence-corrected chi connectivity index (χ4v) is 3.60. The average Bonchev–Trinajstić information content (AvgIpc) is 2.62. The summed E-state index contributed by atoms with van der Waals surface area (Å²) in [5.74, 6) is 5.76. The van der Waals surface area contributed by atoms with Crippen molar-refractivity contribution in [2.24, 2.45) is 5.41 Å². The van der Waals surface area contributed by atoms with Crippen LogP contribution in [0.4, 0.5) is 11.4 Å². The van der Waals surface area contributed by atoms with Gasteiger partial charge < -0.3 is 14.8 Å². The Morgan fingerprint density at radius 2 is 1.94 bits per heavy atom. The van der Waals surface area contributed by atoms with Gasteiger partial charge in [-0.3, -0.25) is 14.9 Å². The van der Waals surface area contributed by atoms with Gasteiger partial charge in [0.15, 0.2) is 8.32 Å². The lowest BCUT2D eigenvalue weighted by Gasteiger charge is -2.35. The van der Waals surface area contributed by atoms with Gasteiger partial charge in [0.05, 0.1) is 29.2 Å². The normalized spacial score (nSPS) is 12.0. The number of nitro groups is 1. The first-order valence-corrected chi connectivity index (χ1v) is 13.6. The highest BCUT2D eigenvalue weighted by Gasteiger charge is 2.37. The maximum atomic E-state index is 11.8. The molecule has 0 bridgehead atoms. The van der Waals surface area contributed by atoms with Crippen LogP contribution in [0.15, 0.2) is 18.2 Å². The predicted octanol–water partition coefficient (Wildman–Crippen LogP) is 5.10. The third-order valence-corrected chi connectivity index (χ3v) is 9.15. The number of anilines is 1. The second-order valence-electron chi connectivity index (χ2n) is 9.58. The minimum Gasteiger partial charge on any atom is -0.466 e. The van der Waals surface area contributed by atoms with E-state index in [1.54, 1.807) is 13.0 Å². The van der Waals surface area contributed by atoms with Crippen LogP contribution in [0.1, 0.15) is 59.4 Å². The molecule has 0 saturated heterocycles. The number of ether oxygens (including phenoxy) is 1. The number of nitrogens with zero attached hydrogens (tertiary/aromatic N) is 1. The number of benzene rings is 1. The monoisotopic (exact) mass is 448 g/mol. The molecule has 0 aliphatic heterocycles. The zero-order chi connectivity index (χ0) is 23.9. The molecule has 1 aromatic carbocycles. The fraction of sp³-hybridized carbons (Fsp3) is 0.609. The molecular formula is C23H36N2O5Si. The van der Waals surface area contributed by atoms with Crippen molar-refractivity contribution in [2.45, 2.75) is 72.0 Å². The highest BCUT2D eigenvalue weighted by Crippen LogP contribution is 2.39. The van der Waals surface area contributed by atoms with Crippen molar-refractivity contribution >= 4 is 25.7 Å². The number of non-ortho nitro benzene ring substituents is 1. The van der Waals surface area contributed by atoms with Gasteiger partial charge in [0.25, 0.3) is 5.69 Å². The summed E-state index contributed by atoms with van der Waals surface area (Å²) < 4.78 is 5.00. The van der Waals surface area contributed by atoms with E-state index in [4.69, 9.17) is 4.74 Å². The molecule has 0 heterocycles. The Morgan fingerprint density at radius 3 is 2.48 bits per heavy atom. The number of rotatable bonds is 10. The topological polar surface area (TPSA) is 102 Å². The molecule has 1 rings (SSSR count). The zero-order valence-electron chi connectivity index (χ0n) is 19.8. The van der Waals surface area contributed by atoms with Crippen LogP contribution in [0.5, 0.6) is 0 Å². The standard InChI is InChI=1S/C23H36N2O5Si/c1-8-30-21(26)17-22(2,3)14-12-18-16-19(25(27)28)10-11-20(18)24-15-9-13-23(4,5)31(6,7)29/h10-11,16,24,29H,8-9,13,15,17H2,1-7H3. The van der Waals surface area contributed by atoms with E-state index in [9.17, 15) is 19.7 Å². The minimum atomic E-state index is -2.26. The van der Waals surface area contributed by atoms with Crippen molar-refractivity contribution in [1.82, 2.24) is 0 Å². The van der Waals surface area contributed by atoms with E-state index in [-0.39, 0.29) is 23.1 Å². The van der Waals surface area contributed by atoms with Crippen LogP contribution in [0.2, 0.25) is 18.1 Å². The first-order chi connectivity index (χ1) is 14.2. The lowest BCUT2D eigenvalue weighted by Crippen LogP contribution is -2.39. The number of carbonyl (C=O) groups excluding carboxylic acids is 1. The Balaban J connectivity index is 2.99. The number of carbonyl (C=O) groups is 1. The predicted molar refractivity (Wildman–Crippen MR) is 126 cm³/mol. The molecule has 0 aliphatic carbocycles. The van der Waals surface area contributed by atoms with E-state index >= 15 is 0 Å². The molecule has 0 aromatic heterocycles. The van der Waals surface area contributed by atoms with Crippen LogP contribution in [0.25, 0.3) is 0 Å². The van der Waals surface area contributed by atoms with Gasteiger partial charge in [0.2, 0.25) is 0 Å². The Hall–Kier alpha value is -2.37. The molecule has 7 nitrogen and oxygen atoms in total. The summed E-state index contributed by atoms with van der Waals surface area (Å²) in [5, 5.41) is 14.4. The molecule has 0 amide bonds. The molecule has 2 N–H and O–H groups in total. The van der Waals surface area contributed by atoms with Crippen LogP contribution in [0, 0.1) is 27.4 Å². The SMILES string of the molecule is CCOC(=O)CC(C)(C)C#Cc1cc([N+](=O)[O-])ccc1NCCCC(C)(C)[Si](C)(C)O. The first-order valence-electron chi connectivity index (χ1n) is 10.6. The summed E-state index contributed by atoms with van der Waals surface area (Å²) in [6, 6.07) is 4.56. The molecular weight excluding hydrogens is 412 g/mol. The Bertz CT molecular complexity index is 848. The van der Waals surface area contributed by atoms with E-state index < -0.39 is 18.7 Å². The zero-order valence-corrected chi connectivity index (χ0v) is 20.8. The Labute approximate surface area is 186 Å². The number of hydrogen-bond donors (Lipinski definition) is 2. The molecule has 1 aromatic rings. The highest BCUT2D eigenvalue weighted by molar-refractivity contribution is 6.72. The van der Waals surface area contributed by atoms with E-state index in [1.807, 2.05) is 26.9 Å². The van der Waals surface area contributed by atoms with Gasteiger partial charge in [0.1, 0.15) is 0 Å². The number of nitro benzene ring substituents is 1. The van der Waals surface area contributed by atoms with Crippen LogP contribution in [0.3, 0.4) is 0 Å². The van der Waals surface area contributed by atoms with E-state index in [2.05, 4.69) is 31.0 Å². The van der Waals surface area contributed by atoms with E-state index in [1.165, 1.54) is 12.1 Å². The van der Waals surface area contributed by atoms with Crippen LogP contribution < -0.4 is 5.32 Å². The summed E-state index contributed by atoms with van der Waals surface area (Å²) >= 11 is 0. The van der Waals surface area contributed by atoms with Crippen molar-refractivity contribution < 1.29 is 19.3 Å². The molecule has 0 spiro atoms. The van der Waals surface area contributed by atoms with Crippen molar-refractivity contribution in [2.75, 3.05) is 18.5 Å². The molecule has 0 fully saturated rings. The smallest absolute Gasteiger partial charge is 0.307 e. The Morgan fingerprint density at radius 1 is 1.29 bits per heavy atom. The number of nitrogens with one attached hydrogen (secondary N) is 1. The summed E-state index contributed by atoms with van der Waals surface area (Å²) in [6.07, 6.45) is 1.86. The maximum Gasteiger partial charge on any atom is 0.307 e. The summed E-state index contributed by atoms with van der Waals surface area (Å²) in [4.78, 5) is 33.0. The van der Waals surface area contributed by atoms with Gasteiger partial charge in [0, 0.05) is 24.1 Å². The average molecular weight is 449 g/mol. The molecule has 8 heteroatoms. The van der Waals surface area contributed by atoms with Gasteiger partial charge >= 0.3 is 5.97 Å². The lowest BCUT2D eigenvalue weighted by molar-refractivity contribution is -0.384. The second-order valence-corrected chi connectivity index (χ2v) is 14.0. The number of esters is 1. The molecule has 0 radical (unpaired) electrons. The van der Waals surface area contributed by atoms with Gasteiger partial charge in [-0.1, -0.05) is 25.7 Å². The Kier molecular flexibility index (Phi) is 9.27. The van der Waals surface area contributed by atoms with Crippen LogP contribution in [-0.2, 0) is 9.53 Å². The molecule has 0 aliphatic rings. The third-order valence-electron chi connectivity index (χ3n) is 5.59. The molecule has 0 atom stereocenters. The highest BCUT2D eigenvalue weighted by atomic mass is 28.4. The van der Waals surface area contributed by atoms with Crippen molar-refractivity contribution in [3.05, 3.63) is 33.9 Å². The van der Waals surface area contributed by atoms with E-state index in [0.29, 0.717) is 24.4 Å². The summed E-state index contributed by atoms with van der Waals surface area (Å²) in [7, 11) is -2.26. The third kappa shape index (κ3) is 8.72.